The maximum atomic E-state index is 14.0. The molecule has 0 saturated heterocycles. The van der Waals surface area contributed by atoms with Crippen molar-refractivity contribution in [2.45, 2.75) is 20.0 Å². The molecular formula is C16H15ClFNO4. The molecule has 0 spiro atoms. The molecule has 0 radical (unpaired) electrons. The van der Waals surface area contributed by atoms with Crippen LogP contribution in [0.3, 0.4) is 0 Å². The molecule has 0 N–H and O–H groups in total. The number of ether oxygens (including phenoxy) is 3. The molecule has 122 valence electrons. The Labute approximate surface area is 138 Å². The Kier molecular flexibility index (Phi) is 5.39. The summed E-state index contributed by atoms with van der Waals surface area (Å²) in [7, 11) is 1.38. The normalized spacial score (nSPS) is 10.5. The van der Waals surface area contributed by atoms with Gasteiger partial charge < -0.3 is 14.2 Å². The average molecular weight is 340 g/mol. The minimum Gasteiger partial charge on any atom is -0.496 e. The summed E-state index contributed by atoms with van der Waals surface area (Å²) in [6.07, 6.45) is 1.79. The van der Waals surface area contributed by atoms with Gasteiger partial charge in [0, 0.05) is 12.1 Å². The van der Waals surface area contributed by atoms with Gasteiger partial charge in [-0.3, -0.25) is 4.79 Å². The van der Waals surface area contributed by atoms with E-state index in [1.807, 2.05) is 13.8 Å². The number of hydrogen-bond acceptors (Lipinski definition) is 5. The monoisotopic (exact) mass is 339 g/mol. The molecule has 0 aliphatic carbocycles. The Bertz CT molecular complexity index is 721. The van der Waals surface area contributed by atoms with Crippen LogP contribution < -0.4 is 14.2 Å². The number of pyridine rings is 1. The molecule has 0 amide bonds. The molecule has 0 unspecified atom stereocenters. The van der Waals surface area contributed by atoms with E-state index in [4.69, 9.17) is 25.8 Å². The molecular weight excluding hydrogens is 325 g/mol. The highest BCUT2D eigenvalue weighted by Gasteiger charge is 2.14. The standard InChI is InChI=1S/C16H15ClFNO4/c1-9(2)22-16-12(17)5-11(7-19-16)23-15-6-14(21-3)10(8-20)4-13(15)18/h4-9H,1-3H3. The number of benzene rings is 1. The summed E-state index contributed by atoms with van der Waals surface area (Å²) < 4.78 is 29.8. The van der Waals surface area contributed by atoms with E-state index in [1.165, 1.54) is 25.4 Å². The second kappa shape index (κ2) is 7.28. The van der Waals surface area contributed by atoms with Gasteiger partial charge in [0.25, 0.3) is 0 Å². The van der Waals surface area contributed by atoms with Crippen LogP contribution in [-0.2, 0) is 0 Å². The third-order valence-corrected chi connectivity index (χ3v) is 3.04. The summed E-state index contributed by atoms with van der Waals surface area (Å²) in [5.41, 5.74) is 0.0918. The van der Waals surface area contributed by atoms with Crippen LogP contribution in [0.15, 0.2) is 24.4 Å². The van der Waals surface area contributed by atoms with E-state index in [9.17, 15) is 9.18 Å². The zero-order valence-electron chi connectivity index (χ0n) is 12.8. The average Bonchev–Trinajstić information content (AvgIpc) is 2.51. The predicted octanol–water partition coefficient (Wildman–Crippen LogP) is 4.27. The number of nitrogens with zero attached hydrogens (tertiary/aromatic N) is 1. The van der Waals surface area contributed by atoms with Crippen molar-refractivity contribution < 1.29 is 23.4 Å². The Morgan fingerprint density at radius 1 is 1.26 bits per heavy atom. The molecule has 5 nitrogen and oxygen atoms in total. The van der Waals surface area contributed by atoms with Crippen molar-refractivity contribution in [3.05, 3.63) is 40.8 Å². The smallest absolute Gasteiger partial charge is 0.233 e. The first-order valence-electron chi connectivity index (χ1n) is 6.77. The van der Waals surface area contributed by atoms with Crippen molar-refractivity contribution in [2.24, 2.45) is 0 Å². The van der Waals surface area contributed by atoms with Gasteiger partial charge in [0.15, 0.2) is 17.9 Å². The first kappa shape index (κ1) is 17.0. The predicted molar refractivity (Wildman–Crippen MR) is 83.4 cm³/mol. The van der Waals surface area contributed by atoms with Crippen LogP contribution in [0.1, 0.15) is 24.2 Å². The van der Waals surface area contributed by atoms with E-state index >= 15 is 0 Å². The third-order valence-electron chi connectivity index (χ3n) is 2.77. The number of rotatable bonds is 6. The van der Waals surface area contributed by atoms with E-state index in [-0.39, 0.29) is 39.8 Å². The van der Waals surface area contributed by atoms with Crippen LogP contribution in [0.4, 0.5) is 4.39 Å². The molecule has 7 heteroatoms. The fourth-order valence-corrected chi connectivity index (χ4v) is 2.00. The molecule has 0 bridgehead atoms. The first-order chi connectivity index (χ1) is 10.9. The van der Waals surface area contributed by atoms with E-state index in [2.05, 4.69) is 4.98 Å². The number of carbonyl (C=O) groups excluding carboxylic acids is 1. The summed E-state index contributed by atoms with van der Waals surface area (Å²) in [6.45, 7) is 3.69. The quantitative estimate of drug-likeness (QED) is 0.735. The molecule has 0 atom stereocenters. The molecule has 1 aromatic carbocycles. The van der Waals surface area contributed by atoms with Gasteiger partial charge in [-0.05, 0) is 19.9 Å². The lowest BCUT2D eigenvalue weighted by molar-refractivity contribution is 0.112. The van der Waals surface area contributed by atoms with Crippen LogP contribution in [-0.4, -0.2) is 24.5 Å². The topological polar surface area (TPSA) is 57.6 Å². The van der Waals surface area contributed by atoms with Gasteiger partial charge >= 0.3 is 0 Å². The lowest BCUT2D eigenvalue weighted by Crippen LogP contribution is -2.07. The number of aldehydes is 1. The summed E-state index contributed by atoms with van der Waals surface area (Å²) in [5.74, 6) is -0.112. The summed E-state index contributed by atoms with van der Waals surface area (Å²) in [4.78, 5) is 14.9. The highest BCUT2D eigenvalue weighted by molar-refractivity contribution is 6.31. The second-order valence-corrected chi connectivity index (χ2v) is 5.28. The number of methoxy groups -OCH3 is 1. The highest BCUT2D eigenvalue weighted by atomic mass is 35.5. The number of hydrogen-bond donors (Lipinski definition) is 0. The number of carbonyl (C=O) groups is 1. The highest BCUT2D eigenvalue weighted by Crippen LogP contribution is 2.33. The van der Waals surface area contributed by atoms with Gasteiger partial charge in [-0.2, -0.15) is 0 Å². The van der Waals surface area contributed by atoms with Crippen LogP contribution in [0.5, 0.6) is 23.1 Å². The Hall–Kier alpha value is -2.34. The second-order valence-electron chi connectivity index (χ2n) is 4.87. The lowest BCUT2D eigenvalue weighted by Gasteiger charge is -2.12. The Balaban J connectivity index is 2.29. The Morgan fingerprint density at radius 2 is 2.00 bits per heavy atom. The summed E-state index contributed by atoms with van der Waals surface area (Å²) in [6, 6.07) is 3.78. The number of aromatic nitrogens is 1. The summed E-state index contributed by atoms with van der Waals surface area (Å²) >= 11 is 6.05. The summed E-state index contributed by atoms with van der Waals surface area (Å²) in [5, 5.41) is 0.244. The van der Waals surface area contributed by atoms with Gasteiger partial charge in [0.1, 0.15) is 16.5 Å². The van der Waals surface area contributed by atoms with Crippen LogP contribution in [0, 0.1) is 5.82 Å². The van der Waals surface area contributed by atoms with E-state index in [0.717, 1.165) is 6.07 Å². The maximum Gasteiger partial charge on any atom is 0.233 e. The number of halogens is 2. The van der Waals surface area contributed by atoms with E-state index < -0.39 is 5.82 Å². The maximum absolute atomic E-state index is 14.0. The zero-order valence-corrected chi connectivity index (χ0v) is 13.6. The molecule has 0 saturated carbocycles. The van der Waals surface area contributed by atoms with Gasteiger partial charge in [-0.25, -0.2) is 9.37 Å². The fourth-order valence-electron chi connectivity index (χ4n) is 1.80. The van der Waals surface area contributed by atoms with Gasteiger partial charge in [-0.1, -0.05) is 11.6 Å². The van der Waals surface area contributed by atoms with Gasteiger partial charge in [0.05, 0.1) is 25.0 Å². The van der Waals surface area contributed by atoms with Crippen molar-refractivity contribution in [2.75, 3.05) is 7.11 Å². The van der Waals surface area contributed by atoms with Crippen molar-refractivity contribution >= 4 is 17.9 Å². The van der Waals surface area contributed by atoms with Gasteiger partial charge in [0.2, 0.25) is 5.88 Å². The molecule has 0 aliphatic heterocycles. The molecule has 2 aromatic rings. The Morgan fingerprint density at radius 3 is 2.57 bits per heavy atom. The van der Waals surface area contributed by atoms with E-state index in [0.29, 0.717) is 6.29 Å². The van der Waals surface area contributed by atoms with Crippen LogP contribution in [0.2, 0.25) is 5.02 Å². The van der Waals surface area contributed by atoms with Crippen LogP contribution in [0.25, 0.3) is 0 Å². The fraction of sp³-hybridized carbons (Fsp3) is 0.250. The SMILES string of the molecule is COc1cc(Oc2cnc(OC(C)C)c(Cl)c2)c(F)cc1C=O. The first-order valence-corrected chi connectivity index (χ1v) is 7.15. The molecule has 0 fully saturated rings. The molecule has 1 aromatic heterocycles. The largest absolute Gasteiger partial charge is 0.496 e. The third kappa shape index (κ3) is 4.10. The van der Waals surface area contributed by atoms with Crippen molar-refractivity contribution in [3.63, 3.8) is 0 Å². The molecule has 2 rings (SSSR count). The molecule has 0 aliphatic rings. The minimum atomic E-state index is -0.702. The zero-order chi connectivity index (χ0) is 17.0. The van der Waals surface area contributed by atoms with Crippen molar-refractivity contribution in [1.82, 2.24) is 4.98 Å². The minimum absolute atomic E-state index is 0.0793. The van der Waals surface area contributed by atoms with Crippen molar-refractivity contribution in [3.8, 4) is 23.1 Å². The van der Waals surface area contributed by atoms with Crippen molar-refractivity contribution in [1.29, 1.82) is 0 Å². The lowest BCUT2D eigenvalue weighted by atomic mass is 10.2. The molecule has 23 heavy (non-hydrogen) atoms. The van der Waals surface area contributed by atoms with Crippen LogP contribution >= 0.6 is 11.6 Å². The van der Waals surface area contributed by atoms with E-state index in [1.54, 1.807) is 0 Å². The molecule has 1 heterocycles. The van der Waals surface area contributed by atoms with Gasteiger partial charge in [-0.15, -0.1) is 0 Å².